The Hall–Kier alpha value is -2.95. The van der Waals surface area contributed by atoms with Crippen LogP contribution in [0.25, 0.3) is 6.08 Å². The fourth-order valence-corrected chi connectivity index (χ4v) is 2.33. The van der Waals surface area contributed by atoms with Crippen molar-refractivity contribution in [2.24, 2.45) is 0 Å². The van der Waals surface area contributed by atoms with Crippen LogP contribution in [0.2, 0.25) is 0 Å². The lowest BCUT2D eigenvalue weighted by molar-refractivity contribution is -0.138. The topological polar surface area (TPSA) is 54.0 Å². The molecule has 0 atom stereocenters. The molecule has 132 valence electrons. The van der Waals surface area contributed by atoms with Crippen molar-refractivity contribution in [2.45, 2.75) is 13.5 Å². The van der Waals surface area contributed by atoms with Crippen molar-refractivity contribution < 1.29 is 23.7 Å². The van der Waals surface area contributed by atoms with Gasteiger partial charge in [-0.25, -0.2) is 4.79 Å². The predicted octanol–water partition coefficient (Wildman–Crippen LogP) is 3.78. The first-order valence-corrected chi connectivity index (χ1v) is 7.78. The van der Waals surface area contributed by atoms with Gasteiger partial charge in [-0.15, -0.1) is 0 Å². The van der Waals surface area contributed by atoms with E-state index >= 15 is 0 Å². The summed E-state index contributed by atoms with van der Waals surface area (Å²) in [4.78, 5) is 11.9. The Kier molecular flexibility index (Phi) is 6.46. The molecule has 0 aliphatic carbocycles. The van der Waals surface area contributed by atoms with Gasteiger partial charge in [0.2, 0.25) is 5.75 Å². The standard InChI is InChI=1S/C20H22O5/c1-14-7-5-6-8-16(14)13-25-19(21)10-9-15-11-17(22-2)20(24-4)18(12-15)23-3/h5-12H,13H2,1-4H3/b10-9+. The van der Waals surface area contributed by atoms with Gasteiger partial charge in [-0.1, -0.05) is 24.3 Å². The average molecular weight is 342 g/mol. The van der Waals surface area contributed by atoms with E-state index in [1.54, 1.807) is 39.5 Å². The normalized spacial score (nSPS) is 10.6. The molecule has 0 radical (unpaired) electrons. The summed E-state index contributed by atoms with van der Waals surface area (Å²) in [7, 11) is 4.63. The number of benzene rings is 2. The summed E-state index contributed by atoms with van der Waals surface area (Å²) in [5.41, 5.74) is 2.81. The second-order valence-electron chi connectivity index (χ2n) is 5.33. The first kappa shape index (κ1) is 18.4. The monoisotopic (exact) mass is 342 g/mol. The summed E-state index contributed by atoms with van der Waals surface area (Å²) in [6.07, 6.45) is 3.02. The second kappa shape index (κ2) is 8.78. The van der Waals surface area contributed by atoms with Crippen molar-refractivity contribution >= 4 is 12.0 Å². The van der Waals surface area contributed by atoms with Gasteiger partial charge in [0.05, 0.1) is 21.3 Å². The third-order valence-corrected chi connectivity index (χ3v) is 3.73. The van der Waals surface area contributed by atoms with Crippen molar-refractivity contribution in [1.29, 1.82) is 0 Å². The maximum Gasteiger partial charge on any atom is 0.331 e. The molecular weight excluding hydrogens is 320 g/mol. The van der Waals surface area contributed by atoms with E-state index in [1.165, 1.54) is 6.08 Å². The fourth-order valence-electron chi connectivity index (χ4n) is 2.33. The Morgan fingerprint density at radius 1 is 1.00 bits per heavy atom. The minimum atomic E-state index is -0.419. The van der Waals surface area contributed by atoms with Crippen molar-refractivity contribution in [3.63, 3.8) is 0 Å². The van der Waals surface area contributed by atoms with Crippen LogP contribution in [0.4, 0.5) is 0 Å². The third kappa shape index (κ3) is 4.76. The smallest absolute Gasteiger partial charge is 0.331 e. The second-order valence-corrected chi connectivity index (χ2v) is 5.33. The molecule has 0 heterocycles. The van der Waals surface area contributed by atoms with E-state index in [4.69, 9.17) is 18.9 Å². The van der Waals surface area contributed by atoms with Gasteiger partial charge in [0.25, 0.3) is 0 Å². The zero-order valence-electron chi connectivity index (χ0n) is 14.9. The average Bonchev–Trinajstić information content (AvgIpc) is 2.64. The van der Waals surface area contributed by atoms with Gasteiger partial charge in [0.15, 0.2) is 11.5 Å². The molecule has 2 aromatic carbocycles. The Morgan fingerprint density at radius 2 is 1.64 bits per heavy atom. The molecule has 0 fully saturated rings. The minimum absolute atomic E-state index is 0.241. The molecule has 0 bridgehead atoms. The summed E-state index contributed by atoms with van der Waals surface area (Å²) in [5, 5.41) is 0. The summed E-state index contributed by atoms with van der Waals surface area (Å²) < 4.78 is 21.1. The molecule has 2 aromatic rings. The first-order chi connectivity index (χ1) is 12.1. The van der Waals surface area contributed by atoms with Crippen molar-refractivity contribution in [2.75, 3.05) is 21.3 Å². The van der Waals surface area contributed by atoms with Crippen LogP contribution in [0.5, 0.6) is 17.2 Å². The zero-order valence-corrected chi connectivity index (χ0v) is 14.9. The molecule has 0 unspecified atom stereocenters. The number of ether oxygens (including phenoxy) is 4. The Bertz CT molecular complexity index is 739. The Morgan fingerprint density at radius 3 is 2.20 bits per heavy atom. The lowest BCUT2D eigenvalue weighted by Crippen LogP contribution is -2.02. The quantitative estimate of drug-likeness (QED) is 0.566. The lowest BCUT2D eigenvalue weighted by atomic mass is 10.1. The number of carbonyl (C=O) groups excluding carboxylic acids is 1. The van der Waals surface area contributed by atoms with Gasteiger partial charge in [-0.05, 0) is 41.8 Å². The largest absolute Gasteiger partial charge is 0.493 e. The third-order valence-electron chi connectivity index (χ3n) is 3.73. The maximum absolute atomic E-state index is 11.9. The molecule has 0 saturated heterocycles. The van der Waals surface area contributed by atoms with Crippen LogP contribution in [-0.2, 0) is 16.1 Å². The molecule has 0 N–H and O–H groups in total. The van der Waals surface area contributed by atoms with Crippen LogP contribution in [0.3, 0.4) is 0 Å². The van der Waals surface area contributed by atoms with Gasteiger partial charge in [-0.2, -0.15) is 0 Å². The highest BCUT2D eigenvalue weighted by molar-refractivity contribution is 5.87. The van der Waals surface area contributed by atoms with Gasteiger partial charge >= 0.3 is 5.97 Å². The van der Waals surface area contributed by atoms with Gasteiger partial charge in [0.1, 0.15) is 6.61 Å². The fraction of sp³-hybridized carbons (Fsp3) is 0.250. The molecule has 0 aliphatic rings. The number of esters is 1. The van der Waals surface area contributed by atoms with Gasteiger partial charge in [0, 0.05) is 6.08 Å². The molecule has 0 saturated carbocycles. The van der Waals surface area contributed by atoms with E-state index in [1.807, 2.05) is 31.2 Å². The van der Waals surface area contributed by atoms with Crippen LogP contribution < -0.4 is 14.2 Å². The zero-order chi connectivity index (χ0) is 18.2. The number of aryl methyl sites for hydroxylation is 1. The molecule has 5 heteroatoms. The van der Waals surface area contributed by atoms with E-state index in [0.717, 1.165) is 16.7 Å². The summed E-state index contributed by atoms with van der Waals surface area (Å²) in [6.45, 7) is 2.22. The first-order valence-electron chi connectivity index (χ1n) is 7.78. The van der Waals surface area contributed by atoms with Gasteiger partial charge in [-0.3, -0.25) is 0 Å². The Balaban J connectivity index is 2.08. The summed E-state index contributed by atoms with van der Waals surface area (Å²) in [5.74, 6) is 1.13. The number of hydrogen-bond acceptors (Lipinski definition) is 5. The molecular formula is C20H22O5. The van der Waals surface area contributed by atoms with Crippen LogP contribution in [0.1, 0.15) is 16.7 Å². The van der Waals surface area contributed by atoms with E-state index in [0.29, 0.717) is 17.2 Å². The van der Waals surface area contributed by atoms with Crippen LogP contribution in [0, 0.1) is 6.92 Å². The Labute approximate surface area is 147 Å². The maximum atomic E-state index is 11.9. The molecule has 0 aromatic heterocycles. The molecule has 0 spiro atoms. The molecule has 5 nitrogen and oxygen atoms in total. The highest BCUT2D eigenvalue weighted by atomic mass is 16.5. The minimum Gasteiger partial charge on any atom is -0.493 e. The van der Waals surface area contributed by atoms with Crippen molar-refractivity contribution in [3.8, 4) is 17.2 Å². The summed E-state index contributed by atoms with van der Waals surface area (Å²) in [6, 6.07) is 11.3. The van der Waals surface area contributed by atoms with E-state index in [-0.39, 0.29) is 6.61 Å². The van der Waals surface area contributed by atoms with Crippen LogP contribution in [-0.4, -0.2) is 27.3 Å². The summed E-state index contributed by atoms with van der Waals surface area (Å²) >= 11 is 0. The number of rotatable bonds is 7. The highest BCUT2D eigenvalue weighted by Crippen LogP contribution is 2.38. The van der Waals surface area contributed by atoms with Gasteiger partial charge < -0.3 is 18.9 Å². The van der Waals surface area contributed by atoms with Crippen molar-refractivity contribution in [3.05, 3.63) is 59.2 Å². The van der Waals surface area contributed by atoms with Crippen LogP contribution in [0.15, 0.2) is 42.5 Å². The number of hydrogen-bond donors (Lipinski definition) is 0. The molecule has 2 rings (SSSR count). The highest BCUT2D eigenvalue weighted by Gasteiger charge is 2.12. The van der Waals surface area contributed by atoms with Crippen molar-refractivity contribution in [1.82, 2.24) is 0 Å². The lowest BCUT2D eigenvalue weighted by Gasteiger charge is -2.12. The van der Waals surface area contributed by atoms with E-state index in [2.05, 4.69) is 0 Å². The van der Waals surface area contributed by atoms with E-state index in [9.17, 15) is 4.79 Å². The van der Waals surface area contributed by atoms with E-state index < -0.39 is 5.97 Å². The SMILES string of the molecule is COc1cc(/C=C/C(=O)OCc2ccccc2C)cc(OC)c1OC. The van der Waals surface area contributed by atoms with Crippen LogP contribution >= 0.6 is 0 Å². The number of carbonyl (C=O) groups is 1. The number of methoxy groups -OCH3 is 3. The molecule has 0 amide bonds. The molecule has 25 heavy (non-hydrogen) atoms. The predicted molar refractivity (Wildman–Crippen MR) is 96.1 cm³/mol. The molecule has 0 aliphatic heterocycles.